The van der Waals surface area contributed by atoms with Crippen LogP contribution in [0.5, 0.6) is 0 Å². The molecule has 10 nitrogen and oxygen atoms in total. The molecule has 11 heteroatoms. The van der Waals surface area contributed by atoms with E-state index in [0.717, 1.165) is 38.5 Å². The Bertz CT molecular complexity index is 987. The molecule has 0 aromatic rings. The van der Waals surface area contributed by atoms with E-state index in [0.29, 0.717) is 6.61 Å². The molecule has 364 valence electrons. The van der Waals surface area contributed by atoms with Crippen LogP contribution < -0.4 is 5.73 Å². The molecule has 61 heavy (non-hydrogen) atoms. The fourth-order valence-corrected chi connectivity index (χ4v) is 8.62. The molecule has 0 bridgehead atoms. The number of hydrogen-bond donors (Lipinski definition) is 3. The minimum absolute atomic E-state index is 0.0263. The highest BCUT2D eigenvalue weighted by Crippen LogP contribution is 2.43. The predicted molar refractivity (Wildman–Crippen MR) is 254 cm³/mol. The molecule has 0 aromatic heterocycles. The number of carboxylic acids is 1. The number of aliphatic carboxylic acids is 1. The second kappa shape index (κ2) is 46.9. The van der Waals surface area contributed by atoms with Crippen LogP contribution in [0.15, 0.2) is 0 Å². The van der Waals surface area contributed by atoms with Crippen LogP contribution in [0, 0.1) is 0 Å². The number of rotatable bonds is 51. The first-order valence-corrected chi connectivity index (χ1v) is 27.6. The lowest BCUT2D eigenvalue weighted by molar-refractivity contribution is -0.154. The average Bonchev–Trinajstić information content (AvgIpc) is 3.24. The van der Waals surface area contributed by atoms with Crippen LogP contribution in [-0.2, 0) is 32.7 Å². The number of esters is 1. The highest BCUT2D eigenvalue weighted by Gasteiger charge is 2.27. The number of phosphoric ester groups is 1. The van der Waals surface area contributed by atoms with E-state index in [9.17, 15) is 19.0 Å². The van der Waals surface area contributed by atoms with Gasteiger partial charge in [0.1, 0.15) is 12.1 Å². The molecule has 3 atom stereocenters. The first kappa shape index (κ1) is 60.0. The second-order valence-electron chi connectivity index (χ2n) is 18.0. The first-order valence-electron chi connectivity index (χ1n) is 26.1. The van der Waals surface area contributed by atoms with E-state index in [4.69, 9.17) is 29.4 Å². The lowest BCUT2D eigenvalue weighted by atomic mass is 10.0. The zero-order valence-corrected chi connectivity index (χ0v) is 40.9. The molecular weight excluding hydrogens is 790 g/mol. The van der Waals surface area contributed by atoms with Gasteiger partial charge in [0.25, 0.3) is 0 Å². The van der Waals surface area contributed by atoms with Crippen molar-refractivity contribution >= 4 is 19.8 Å². The third kappa shape index (κ3) is 46.8. The van der Waals surface area contributed by atoms with Crippen LogP contribution in [0.1, 0.15) is 271 Å². The van der Waals surface area contributed by atoms with Crippen LogP contribution >= 0.6 is 7.82 Å². The van der Waals surface area contributed by atoms with E-state index in [1.54, 1.807) is 0 Å². The molecule has 0 radical (unpaired) electrons. The maximum atomic E-state index is 12.7. The Morgan fingerprint density at radius 2 is 0.754 bits per heavy atom. The van der Waals surface area contributed by atoms with Crippen molar-refractivity contribution in [2.75, 3.05) is 26.4 Å². The van der Waals surface area contributed by atoms with Crippen LogP contribution in [0.2, 0.25) is 0 Å². The monoisotopic (exact) mass is 890 g/mol. The molecule has 0 aliphatic carbocycles. The summed E-state index contributed by atoms with van der Waals surface area (Å²) in [4.78, 5) is 33.7. The number of unbranched alkanes of at least 4 members (excludes halogenated alkanes) is 37. The largest absolute Gasteiger partial charge is 0.480 e. The average molecular weight is 890 g/mol. The molecule has 4 N–H and O–H groups in total. The third-order valence-corrected chi connectivity index (χ3v) is 12.8. The molecule has 0 heterocycles. The number of nitrogens with two attached hydrogens (primary N) is 1. The van der Waals surface area contributed by atoms with Crippen molar-refractivity contribution < 1.29 is 42.7 Å². The Labute approximate surface area is 376 Å². The third-order valence-electron chi connectivity index (χ3n) is 11.9. The van der Waals surface area contributed by atoms with Crippen molar-refractivity contribution in [2.45, 2.75) is 283 Å². The first-order chi connectivity index (χ1) is 29.7. The Morgan fingerprint density at radius 3 is 1.08 bits per heavy atom. The summed E-state index contributed by atoms with van der Waals surface area (Å²) < 4.78 is 33.5. The minimum Gasteiger partial charge on any atom is -0.480 e. The standard InChI is InChI=1S/C50H100NO9P/c1-3-5-7-9-11-13-15-17-19-21-22-23-24-25-26-27-28-30-32-34-36-38-40-42-49(52)60-47(45-58-61(55,56)59-46-48(51)50(53)54)44-57-43-41-39-37-35-33-31-29-20-18-16-14-12-10-8-6-4-2/h47-48H,3-46,51H2,1-2H3,(H,53,54)(H,55,56). The molecule has 0 aliphatic heterocycles. The molecule has 0 saturated carbocycles. The van der Waals surface area contributed by atoms with E-state index >= 15 is 0 Å². The zero-order chi connectivity index (χ0) is 44.8. The van der Waals surface area contributed by atoms with E-state index in [1.165, 1.54) is 212 Å². The van der Waals surface area contributed by atoms with Crippen molar-refractivity contribution in [3.63, 3.8) is 0 Å². The van der Waals surface area contributed by atoms with Gasteiger partial charge in [-0.3, -0.25) is 18.6 Å². The molecule has 0 aromatic carbocycles. The van der Waals surface area contributed by atoms with Gasteiger partial charge in [-0.05, 0) is 12.8 Å². The van der Waals surface area contributed by atoms with Gasteiger partial charge in [-0.2, -0.15) is 0 Å². The van der Waals surface area contributed by atoms with Gasteiger partial charge in [-0.1, -0.05) is 251 Å². The van der Waals surface area contributed by atoms with E-state index in [1.807, 2.05) is 0 Å². The number of carbonyl (C=O) groups excluding carboxylic acids is 1. The number of carboxylic acid groups (broad SMARTS) is 1. The summed E-state index contributed by atoms with van der Waals surface area (Å²) in [5.74, 6) is -1.76. The maximum Gasteiger partial charge on any atom is 0.472 e. The fourth-order valence-electron chi connectivity index (χ4n) is 7.84. The molecule has 0 rings (SSSR count). The van der Waals surface area contributed by atoms with Crippen molar-refractivity contribution in [2.24, 2.45) is 5.73 Å². The van der Waals surface area contributed by atoms with Gasteiger partial charge in [-0.25, -0.2) is 4.57 Å². The SMILES string of the molecule is CCCCCCCCCCCCCCCCCCCCCCCCCC(=O)OC(COCCCCCCCCCCCCCCCCCC)COP(=O)(O)OCC(N)C(=O)O. The minimum atomic E-state index is -4.61. The molecule has 0 fully saturated rings. The van der Waals surface area contributed by atoms with E-state index in [2.05, 4.69) is 13.8 Å². The summed E-state index contributed by atoms with van der Waals surface area (Å²) in [7, 11) is -4.61. The summed E-state index contributed by atoms with van der Waals surface area (Å²) in [5.41, 5.74) is 5.38. The quantitative estimate of drug-likeness (QED) is 0.0305. The summed E-state index contributed by atoms with van der Waals surface area (Å²) >= 11 is 0. The fraction of sp³-hybridized carbons (Fsp3) is 0.960. The van der Waals surface area contributed by atoms with Gasteiger partial charge in [0.05, 0.1) is 19.8 Å². The summed E-state index contributed by atoms with van der Waals surface area (Å²) in [6.45, 7) is 3.96. The maximum absolute atomic E-state index is 12.7. The summed E-state index contributed by atoms with van der Waals surface area (Å²) in [6, 6.07) is -1.47. The molecule has 0 amide bonds. The van der Waals surface area contributed by atoms with Crippen molar-refractivity contribution in [1.82, 2.24) is 0 Å². The second-order valence-corrected chi connectivity index (χ2v) is 19.5. The lowest BCUT2D eigenvalue weighted by Crippen LogP contribution is -2.34. The lowest BCUT2D eigenvalue weighted by Gasteiger charge is -2.20. The zero-order valence-electron chi connectivity index (χ0n) is 40.0. The van der Waals surface area contributed by atoms with Gasteiger partial charge in [-0.15, -0.1) is 0 Å². The molecule has 0 aliphatic rings. The van der Waals surface area contributed by atoms with Crippen LogP contribution in [0.4, 0.5) is 0 Å². The molecular formula is C50H100NO9P. The van der Waals surface area contributed by atoms with Crippen molar-refractivity contribution in [3.05, 3.63) is 0 Å². The van der Waals surface area contributed by atoms with Crippen LogP contribution in [-0.4, -0.2) is 60.5 Å². The normalized spacial score (nSPS) is 13.6. The summed E-state index contributed by atoms with van der Waals surface area (Å²) in [6.07, 6.45) is 50.2. The van der Waals surface area contributed by atoms with Gasteiger partial charge < -0.3 is 25.2 Å². The van der Waals surface area contributed by atoms with Gasteiger partial charge >= 0.3 is 19.8 Å². The molecule has 0 saturated heterocycles. The van der Waals surface area contributed by atoms with Crippen molar-refractivity contribution in [3.8, 4) is 0 Å². The smallest absolute Gasteiger partial charge is 0.472 e. The Hall–Kier alpha value is -1.03. The van der Waals surface area contributed by atoms with Crippen LogP contribution in [0.3, 0.4) is 0 Å². The molecule has 3 unspecified atom stereocenters. The number of hydrogen-bond acceptors (Lipinski definition) is 8. The molecule has 0 spiro atoms. The van der Waals surface area contributed by atoms with E-state index in [-0.39, 0.29) is 13.0 Å². The topological polar surface area (TPSA) is 155 Å². The number of carbonyl (C=O) groups is 2. The number of phosphoric acid groups is 1. The highest BCUT2D eigenvalue weighted by atomic mass is 31.2. The Morgan fingerprint density at radius 1 is 0.459 bits per heavy atom. The van der Waals surface area contributed by atoms with Crippen LogP contribution in [0.25, 0.3) is 0 Å². The van der Waals surface area contributed by atoms with Crippen molar-refractivity contribution in [1.29, 1.82) is 0 Å². The predicted octanol–water partition coefficient (Wildman–Crippen LogP) is 15.1. The van der Waals surface area contributed by atoms with Gasteiger partial charge in [0.15, 0.2) is 0 Å². The van der Waals surface area contributed by atoms with Gasteiger partial charge in [0.2, 0.25) is 0 Å². The highest BCUT2D eigenvalue weighted by molar-refractivity contribution is 7.47. The Balaban J connectivity index is 4.05. The van der Waals surface area contributed by atoms with Gasteiger partial charge in [0, 0.05) is 13.0 Å². The van der Waals surface area contributed by atoms with E-state index < -0.39 is 45.1 Å². The Kier molecular flexibility index (Phi) is 46.2. The summed E-state index contributed by atoms with van der Waals surface area (Å²) in [5, 5.41) is 8.92. The number of ether oxygens (including phenoxy) is 2.